The van der Waals surface area contributed by atoms with Crippen LogP contribution in [0.1, 0.15) is 85.3 Å². The molecule has 0 spiro atoms. The minimum absolute atomic E-state index is 0.0796. The van der Waals surface area contributed by atoms with Gasteiger partial charge in [-0.2, -0.15) is 4.31 Å². The molecule has 4 aliphatic rings. The second-order valence-electron chi connectivity index (χ2n) is 20.8. The first-order chi connectivity index (χ1) is 38.3. The van der Waals surface area contributed by atoms with Crippen LogP contribution in [0.15, 0.2) is 71.4 Å². The van der Waals surface area contributed by atoms with Crippen LogP contribution >= 0.6 is 34.9 Å². The number of aliphatic imine (C=N–C) groups is 2. The van der Waals surface area contributed by atoms with Crippen LogP contribution in [0.5, 0.6) is 0 Å². The standard InChI is InChI=1S/C22H20F3N5S.C22H21F2N5OS.C6H14F3NO2S.C5H13N/c1-11-3-15-19(27-8-11)16(29-10-28-15)6-12-4-13(18(25)14(24)5-12)21(2)17-7-22(17,9-23)31-20(26)30-21;1-11-3-15-19(26-8-11)16(28-10-27-15)6-12-4-13(18(24)14(23)5-12)21(2)17-7-22(17,9-30)31-20(25)29-21;1-11-5-3-10(4-6-12-2)13(7,8)9;1-4-6(3)5-2/h3-5,8,10,17H,6-7,9H2,1-2H3,(H2,26,30);3-5,8,10,17,30H,6-7,9H2,1-2H3,(H2,25,29);3-6H2,1-2H3;4-5H2,1-3H3/t2*17-,21+,22+;;/m00../s1. The summed E-state index contributed by atoms with van der Waals surface area (Å²) in [5, 5.41) is 10.3. The molecule has 4 aromatic heterocycles. The van der Waals surface area contributed by atoms with Crippen LogP contribution < -0.4 is 11.5 Å². The van der Waals surface area contributed by atoms with E-state index in [4.69, 9.17) is 11.5 Å². The predicted molar refractivity (Wildman–Crippen MR) is 305 cm³/mol. The second kappa shape index (κ2) is 26.1. The lowest BCUT2D eigenvalue weighted by atomic mass is 9.84. The fourth-order valence-corrected chi connectivity index (χ4v) is 13.4. The first-order valence-electron chi connectivity index (χ1n) is 26.0. The SMILES string of the molecule is CCN(C)CC.COCCN(CCOC)S(F)(F)F.Cc1cnc2c(Cc3cc(F)c(F)c([C@@]4(C)N=C(N)S[C@@]5(CF)C[C@H]54)c3)ncnc2c1.Cc1cnc2c(Cc3cc(F)c(F)c([C@@]4(C)N=C(N)S[C@@]5(CO)C[C@H]54)c3)ncnc2c1. The summed E-state index contributed by atoms with van der Waals surface area (Å²) in [6, 6.07) is 9.36. The number of methoxy groups -OCH3 is 2. The molecule has 6 atom stereocenters. The molecule has 26 heteroatoms. The third-order valence-corrected chi connectivity index (χ3v) is 18.6. The number of amidine groups is 2. The summed E-state index contributed by atoms with van der Waals surface area (Å²) in [5.41, 5.74) is 16.9. The van der Waals surface area contributed by atoms with E-state index in [1.807, 2.05) is 26.0 Å². The minimum Gasteiger partial charge on any atom is -0.395 e. The van der Waals surface area contributed by atoms with Crippen molar-refractivity contribution in [3.63, 3.8) is 0 Å². The summed E-state index contributed by atoms with van der Waals surface area (Å²) in [5.74, 6) is -4.22. The molecule has 0 bridgehead atoms. The van der Waals surface area contributed by atoms with E-state index < -0.39 is 61.9 Å². The van der Waals surface area contributed by atoms with Crippen molar-refractivity contribution in [2.45, 2.75) is 87.8 Å². The average Bonchev–Trinajstić information content (AvgIpc) is 4.08. The van der Waals surface area contributed by atoms with Crippen LogP contribution in [0.4, 0.5) is 33.6 Å². The molecule has 440 valence electrons. The monoisotopic (exact) mass is 1190 g/mol. The number of aromatic nitrogens is 6. The molecule has 2 aliphatic heterocycles. The highest BCUT2D eigenvalue weighted by Gasteiger charge is 2.68. The minimum atomic E-state index is -5.14. The Kier molecular flexibility index (Phi) is 20.3. The summed E-state index contributed by atoms with van der Waals surface area (Å²) < 4.78 is 118. The van der Waals surface area contributed by atoms with Gasteiger partial charge in [0.05, 0.1) is 62.8 Å². The zero-order chi connectivity index (χ0) is 59.2. The Hall–Kier alpha value is -5.35. The second-order valence-corrected chi connectivity index (χ2v) is 24.9. The maximum atomic E-state index is 15.0. The van der Waals surface area contributed by atoms with Gasteiger partial charge in [-0.15, -0.1) is 11.7 Å². The Balaban J connectivity index is 0.000000179. The number of alkyl halides is 1. The van der Waals surface area contributed by atoms with Crippen molar-refractivity contribution in [3.8, 4) is 0 Å². The van der Waals surface area contributed by atoms with Crippen molar-refractivity contribution in [2.24, 2.45) is 33.3 Å². The van der Waals surface area contributed by atoms with Crippen molar-refractivity contribution < 1.29 is 48.2 Å². The molecule has 15 nitrogen and oxygen atoms in total. The van der Waals surface area contributed by atoms with E-state index in [1.54, 1.807) is 38.4 Å². The number of rotatable bonds is 17. The Morgan fingerprint density at radius 3 is 1.47 bits per heavy atom. The van der Waals surface area contributed by atoms with Crippen LogP contribution in [0.25, 0.3) is 22.1 Å². The molecule has 5 N–H and O–H groups in total. The van der Waals surface area contributed by atoms with Crippen LogP contribution in [-0.4, -0.2) is 138 Å². The first-order valence-corrected chi connectivity index (χ1v) is 28.9. The molecule has 2 aliphatic carbocycles. The van der Waals surface area contributed by atoms with E-state index in [1.165, 1.54) is 56.5 Å². The van der Waals surface area contributed by atoms with Crippen molar-refractivity contribution in [2.75, 3.05) is 73.9 Å². The van der Waals surface area contributed by atoms with E-state index in [-0.39, 0.29) is 79.0 Å². The number of hydrogen-bond donors (Lipinski definition) is 3. The molecule has 6 heterocycles. The summed E-state index contributed by atoms with van der Waals surface area (Å²) in [6.07, 6.45) is 7.98. The molecule has 2 saturated carbocycles. The normalized spacial score (nSPS) is 23.7. The fraction of sp³-hybridized carbons (Fsp3) is 0.491. The number of halogens is 8. The molecule has 10 rings (SSSR count). The van der Waals surface area contributed by atoms with Crippen LogP contribution in [-0.2, 0) is 33.4 Å². The predicted octanol–water partition coefficient (Wildman–Crippen LogP) is 10.3. The third-order valence-electron chi connectivity index (χ3n) is 15.0. The Bertz CT molecular complexity index is 3070. The Morgan fingerprint density at radius 2 is 1.09 bits per heavy atom. The zero-order valence-corrected chi connectivity index (χ0v) is 49.0. The highest BCUT2D eigenvalue weighted by atomic mass is 32.3. The highest BCUT2D eigenvalue weighted by molar-refractivity contribution is 8.18. The number of aliphatic hydroxyl groups is 1. The van der Waals surface area contributed by atoms with E-state index in [0.29, 0.717) is 61.7 Å². The van der Waals surface area contributed by atoms with E-state index in [2.05, 4.69) is 75.2 Å². The van der Waals surface area contributed by atoms with Gasteiger partial charge in [0.1, 0.15) is 30.4 Å². The highest BCUT2D eigenvalue weighted by Crippen LogP contribution is 2.67. The summed E-state index contributed by atoms with van der Waals surface area (Å²) >= 11 is -2.63. The first kappa shape index (κ1) is 63.2. The van der Waals surface area contributed by atoms with Gasteiger partial charge in [0.15, 0.2) is 33.6 Å². The van der Waals surface area contributed by atoms with Gasteiger partial charge in [-0.3, -0.25) is 20.0 Å². The lowest BCUT2D eigenvalue weighted by Gasteiger charge is -2.34. The average molecular weight is 1190 g/mol. The maximum absolute atomic E-state index is 15.0. The number of benzene rings is 2. The quantitative estimate of drug-likeness (QED) is 0.0728. The number of aliphatic hydroxyl groups excluding tert-OH is 1. The van der Waals surface area contributed by atoms with Gasteiger partial charge in [-0.25, -0.2) is 41.9 Å². The molecule has 0 radical (unpaired) electrons. The molecular formula is C55H68F8N12O3S3. The number of pyridine rings is 2. The number of hydrogen-bond acceptors (Lipinski definition) is 17. The molecule has 81 heavy (non-hydrogen) atoms. The molecule has 2 fully saturated rings. The van der Waals surface area contributed by atoms with Gasteiger partial charge in [0.25, 0.3) is 11.4 Å². The lowest BCUT2D eigenvalue weighted by molar-refractivity contribution is 0.147. The molecule has 0 saturated heterocycles. The lowest BCUT2D eigenvalue weighted by Crippen LogP contribution is -2.37. The van der Waals surface area contributed by atoms with Gasteiger partial charge < -0.3 is 30.9 Å². The zero-order valence-electron chi connectivity index (χ0n) is 46.6. The fourth-order valence-electron chi connectivity index (χ4n) is 10.2. The van der Waals surface area contributed by atoms with Gasteiger partial charge in [0, 0.05) is 75.5 Å². The van der Waals surface area contributed by atoms with E-state index in [0.717, 1.165) is 30.3 Å². The number of fused-ring (bicyclic) bond motifs is 4. The van der Waals surface area contributed by atoms with Crippen molar-refractivity contribution in [1.82, 2.24) is 39.1 Å². The van der Waals surface area contributed by atoms with E-state index >= 15 is 4.39 Å². The van der Waals surface area contributed by atoms with Crippen molar-refractivity contribution >= 4 is 67.3 Å². The molecular weight excluding hydrogens is 1120 g/mol. The van der Waals surface area contributed by atoms with Crippen LogP contribution in [0, 0.1) is 49.0 Å². The molecule has 6 aromatic rings. The summed E-state index contributed by atoms with van der Waals surface area (Å²) in [7, 11) is 4.86. The Morgan fingerprint density at radius 1 is 0.667 bits per heavy atom. The number of nitrogens with two attached hydrogens (primary N) is 2. The summed E-state index contributed by atoms with van der Waals surface area (Å²) in [4.78, 5) is 37.2. The van der Waals surface area contributed by atoms with E-state index in [9.17, 15) is 34.3 Å². The Labute approximate surface area is 477 Å². The summed E-state index contributed by atoms with van der Waals surface area (Å²) in [6.45, 7) is 13.2. The topological polar surface area (TPSA) is 199 Å². The third kappa shape index (κ3) is 14.2. The molecule has 0 amide bonds. The van der Waals surface area contributed by atoms with Crippen LogP contribution in [0.3, 0.4) is 0 Å². The number of thioether (sulfide) groups is 2. The van der Waals surface area contributed by atoms with Crippen molar-refractivity contribution in [1.29, 1.82) is 0 Å². The van der Waals surface area contributed by atoms with Crippen molar-refractivity contribution in [3.05, 3.63) is 129 Å². The number of ether oxygens (including phenoxy) is 2. The van der Waals surface area contributed by atoms with Gasteiger partial charge >= 0.3 is 0 Å². The number of aryl methyl sites for hydroxylation is 2. The molecule has 2 aromatic carbocycles. The van der Waals surface area contributed by atoms with Gasteiger partial charge in [-0.05, 0) is 119 Å². The molecule has 0 unspecified atom stereocenters. The number of nitrogens with zero attached hydrogens (tertiary/aromatic N) is 10. The van der Waals surface area contributed by atoms with Crippen LogP contribution in [0.2, 0.25) is 0 Å². The maximum Gasteiger partial charge on any atom is 0.278 e. The largest absolute Gasteiger partial charge is 0.395 e. The van der Waals surface area contributed by atoms with Gasteiger partial charge in [-0.1, -0.05) is 37.4 Å². The smallest absolute Gasteiger partial charge is 0.278 e. The van der Waals surface area contributed by atoms with Gasteiger partial charge in [0.2, 0.25) is 0 Å².